The van der Waals surface area contributed by atoms with Gasteiger partial charge >= 0.3 is 6.18 Å². The van der Waals surface area contributed by atoms with Crippen molar-refractivity contribution in [2.24, 2.45) is 0 Å². The van der Waals surface area contributed by atoms with E-state index in [2.05, 4.69) is 0 Å². The number of likely N-dealkylation sites (N-methyl/N-ethyl adjacent to an activating group) is 1. The molecule has 1 aromatic carbocycles. The number of thiophene rings is 1. The number of nitrogens with zero attached hydrogens (tertiary/aromatic N) is 2. The van der Waals surface area contributed by atoms with Crippen molar-refractivity contribution < 1.29 is 27.8 Å². The number of para-hydroxylation sites is 1. The monoisotopic (exact) mass is 442 g/mol. The van der Waals surface area contributed by atoms with E-state index >= 15 is 0 Å². The summed E-state index contributed by atoms with van der Waals surface area (Å²) < 4.78 is 44.3. The zero-order chi connectivity index (χ0) is 21.7. The van der Waals surface area contributed by atoms with E-state index in [0.29, 0.717) is 6.54 Å². The van der Waals surface area contributed by atoms with E-state index < -0.39 is 17.8 Å². The Balaban J connectivity index is 1.49. The number of aliphatic hydroxyl groups is 1. The Bertz CT molecular complexity index is 829. The average molecular weight is 443 g/mol. The van der Waals surface area contributed by atoms with Gasteiger partial charge in [-0.25, -0.2) is 0 Å². The summed E-state index contributed by atoms with van der Waals surface area (Å²) in [6, 6.07) is 8.99. The van der Waals surface area contributed by atoms with E-state index in [1.807, 2.05) is 22.4 Å². The lowest BCUT2D eigenvalue weighted by Crippen LogP contribution is -2.42. The molecule has 3 rings (SSSR count). The van der Waals surface area contributed by atoms with Crippen molar-refractivity contribution >= 4 is 17.2 Å². The van der Waals surface area contributed by atoms with Crippen LogP contribution in [0.5, 0.6) is 5.75 Å². The summed E-state index contributed by atoms with van der Waals surface area (Å²) in [7, 11) is 1.70. The first-order valence-corrected chi connectivity index (χ1v) is 10.6. The van der Waals surface area contributed by atoms with Crippen molar-refractivity contribution in [2.45, 2.75) is 31.2 Å². The van der Waals surface area contributed by atoms with Gasteiger partial charge in [-0.2, -0.15) is 13.2 Å². The van der Waals surface area contributed by atoms with Gasteiger partial charge in [0.2, 0.25) is 5.91 Å². The van der Waals surface area contributed by atoms with Gasteiger partial charge in [-0.1, -0.05) is 18.2 Å². The minimum Gasteiger partial charge on any atom is -0.490 e. The highest BCUT2D eigenvalue weighted by Gasteiger charge is 2.34. The molecule has 2 aromatic rings. The van der Waals surface area contributed by atoms with Crippen LogP contribution >= 0.6 is 11.3 Å². The zero-order valence-electron chi connectivity index (χ0n) is 16.6. The highest BCUT2D eigenvalue weighted by molar-refractivity contribution is 7.10. The lowest BCUT2D eigenvalue weighted by molar-refractivity contribution is -0.139. The number of likely N-dealkylation sites (tertiary alicyclic amines) is 1. The Morgan fingerprint density at radius 1 is 1.33 bits per heavy atom. The lowest BCUT2D eigenvalue weighted by atomic mass is 10.2. The normalized spacial score (nSPS) is 18.1. The van der Waals surface area contributed by atoms with Crippen LogP contribution in [0, 0.1) is 0 Å². The standard InChI is InChI=1S/C21H25F3N2O3S/c1-25(13-20(28)26-10-4-7-17(26)19-9-5-11-30-19)12-15(27)14-29-18-8-3-2-6-16(18)21(22,23)24/h2-3,5-6,8-9,11,15,17,27H,4,7,10,12-14H2,1H3. The molecule has 1 fully saturated rings. The Morgan fingerprint density at radius 3 is 2.80 bits per heavy atom. The largest absolute Gasteiger partial charge is 0.490 e. The summed E-state index contributed by atoms with van der Waals surface area (Å²) in [5.41, 5.74) is -0.880. The number of carbonyl (C=O) groups excluding carboxylic acids is 1. The van der Waals surface area contributed by atoms with Crippen molar-refractivity contribution in [3.8, 4) is 5.75 Å². The van der Waals surface area contributed by atoms with Crippen LogP contribution in [0.1, 0.15) is 29.3 Å². The predicted octanol–water partition coefficient (Wildman–Crippen LogP) is 3.80. The predicted molar refractivity (Wildman–Crippen MR) is 108 cm³/mol. The second-order valence-electron chi connectivity index (χ2n) is 7.42. The second kappa shape index (κ2) is 9.80. The van der Waals surface area contributed by atoms with E-state index in [9.17, 15) is 23.1 Å². The number of halogens is 3. The fraction of sp³-hybridized carbons (Fsp3) is 0.476. The average Bonchev–Trinajstić information content (AvgIpc) is 3.36. The molecule has 0 aliphatic carbocycles. The smallest absolute Gasteiger partial charge is 0.419 e. The number of benzene rings is 1. The van der Waals surface area contributed by atoms with E-state index in [4.69, 9.17) is 4.74 Å². The van der Waals surface area contributed by atoms with Crippen LogP contribution in [0.2, 0.25) is 0 Å². The third-order valence-electron chi connectivity index (χ3n) is 5.00. The fourth-order valence-electron chi connectivity index (χ4n) is 3.65. The molecule has 0 spiro atoms. The summed E-state index contributed by atoms with van der Waals surface area (Å²) in [4.78, 5) is 17.4. The summed E-state index contributed by atoms with van der Waals surface area (Å²) in [6.07, 6.45) is -3.67. The van der Waals surface area contributed by atoms with Gasteiger partial charge in [0.25, 0.3) is 0 Å². The van der Waals surface area contributed by atoms with E-state index in [1.165, 1.54) is 23.1 Å². The minimum atomic E-state index is -4.53. The zero-order valence-corrected chi connectivity index (χ0v) is 17.5. The number of rotatable bonds is 8. The Hall–Kier alpha value is -2.10. The van der Waals surface area contributed by atoms with E-state index in [-0.39, 0.29) is 37.4 Å². The summed E-state index contributed by atoms with van der Waals surface area (Å²) in [5.74, 6) is -0.345. The third-order valence-corrected chi connectivity index (χ3v) is 5.97. The van der Waals surface area contributed by atoms with Gasteiger partial charge in [0.15, 0.2) is 0 Å². The van der Waals surface area contributed by atoms with Crippen molar-refractivity contribution in [3.63, 3.8) is 0 Å². The first-order chi connectivity index (χ1) is 14.3. The summed E-state index contributed by atoms with van der Waals surface area (Å²) in [6.45, 7) is 0.637. The minimum absolute atomic E-state index is 0.0241. The molecule has 1 aromatic heterocycles. The molecule has 0 radical (unpaired) electrons. The van der Waals surface area contributed by atoms with Crippen LogP contribution in [0.25, 0.3) is 0 Å². The molecule has 1 saturated heterocycles. The van der Waals surface area contributed by atoms with Gasteiger partial charge in [-0.3, -0.25) is 9.69 Å². The molecule has 9 heteroatoms. The summed E-state index contributed by atoms with van der Waals surface area (Å²) >= 11 is 1.63. The highest BCUT2D eigenvalue weighted by Crippen LogP contribution is 2.36. The molecule has 164 valence electrons. The van der Waals surface area contributed by atoms with Gasteiger partial charge in [0.1, 0.15) is 18.5 Å². The van der Waals surface area contributed by atoms with Gasteiger partial charge in [0.05, 0.1) is 18.2 Å². The Kier molecular flexibility index (Phi) is 7.38. The van der Waals surface area contributed by atoms with E-state index in [1.54, 1.807) is 23.3 Å². The fourth-order valence-corrected chi connectivity index (χ4v) is 4.53. The van der Waals surface area contributed by atoms with Crippen molar-refractivity contribution in [1.82, 2.24) is 9.80 Å². The molecular formula is C21H25F3N2O3S. The number of aliphatic hydroxyl groups excluding tert-OH is 1. The second-order valence-corrected chi connectivity index (χ2v) is 8.40. The number of hydrogen-bond donors (Lipinski definition) is 1. The molecule has 2 atom stereocenters. The number of amides is 1. The molecule has 5 nitrogen and oxygen atoms in total. The topological polar surface area (TPSA) is 53.0 Å². The first-order valence-electron chi connectivity index (χ1n) is 9.74. The van der Waals surface area contributed by atoms with Gasteiger partial charge < -0.3 is 14.7 Å². The third kappa shape index (κ3) is 5.74. The molecule has 30 heavy (non-hydrogen) atoms. The maximum absolute atomic E-state index is 13.0. The molecule has 1 N–H and O–H groups in total. The molecule has 2 heterocycles. The number of alkyl halides is 3. The van der Waals surface area contributed by atoms with Gasteiger partial charge in [0, 0.05) is 18.0 Å². The Morgan fingerprint density at radius 2 is 2.10 bits per heavy atom. The maximum atomic E-state index is 13.0. The lowest BCUT2D eigenvalue weighted by Gasteiger charge is -2.27. The van der Waals surface area contributed by atoms with Crippen LogP contribution in [-0.4, -0.2) is 60.2 Å². The maximum Gasteiger partial charge on any atom is 0.419 e. The van der Waals surface area contributed by atoms with Crippen LogP contribution < -0.4 is 4.74 Å². The molecular weight excluding hydrogens is 417 g/mol. The van der Waals surface area contributed by atoms with Crippen LogP contribution in [-0.2, 0) is 11.0 Å². The molecule has 2 unspecified atom stereocenters. The number of hydrogen-bond acceptors (Lipinski definition) is 5. The molecule has 0 bridgehead atoms. The number of ether oxygens (including phenoxy) is 1. The highest BCUT2D eigenvalue weighted by atomic mass is 32.1. The molecule has 1 aliphatic heterocycles. The van der Waals surface area contributed by atoms with Gasteiger partial charge in [-0.05, 0) is 43.5 Å². The van der Waals surface area contributed by atoms with Crippen molar-refractivity contribution in [3.05, 3.63) is 52.2 Å². The number of carbonyl (C=O) groups is 1. The van der Waals surface area contributed by atoms with Crippen LogP contribution in [0.4, 0.5) is 13.2 Å². The molecule has 1 amide bonds. The van der Waals surface area contributed by atoms with E-state index in [0.717, 1.165) is 18.9 Å². The van der Waals surface area contributed by atoms with Crippen molar-refractivity contribution in [2.75, 3.05) is 33.3 Å². The van der Waals surface area contributed by atoms with Crippen molar-refractivity contribution in [1.29, 1.82) is 0 Å². The SMILES string of the molecule is CN(CC(=O)N1CCCC1c1cccs1)CC(O)COc1ccccc1C(F)(F)F. The Labute approximate surface area is 177 Å². The molecule has 1 aliphatic rings. The van der Waals surface area contributed by atoms with Crippen LogP contribution in [0.15, 0.2) is 41.8 Å². The first kappa shape index (κ1) is 22.6. The molecule has 0 saturated carbocycles. The summed E-state index contributed by atoms with van der Waals surface area (Å²) in [5, 5.41) is 12.2. The quantitative estimate of drug-likeness (QED) is 0.676. The van der Waals surface area contributed by atoms with Crippen LogP contribution in [0.3, 0.4) is 0 Å². The van der Waals surface area contributed by atoms with Gasteiger partial charge in [-0.15, -0.1) is 11.3 Å².